The second-order valence-electron chi connectivity index (χ2n) is 4.22. The van der Waals surface area contributed by atoms with Crippen molar-refractivity contribution in [1.82, 2.24) is 26.0 Å². The molecule has 6 nitrogen and oxygen atoms in total. The van der Waals surface area contributed by atoms with Crippen LogP contribution in [-0.2, 0) is 0 Å². The molecule has 3 N–H and O–H groups in total. The van der Waals surface area contributed by atoms with Crippen molar-refractivity contribution in [2.75, 3.05) is 13.1 Å². The maximum Gasteiger partial charge on any atom is 0.273 e. The maximum absolute atomic E-state index is 11.7. The van der Waals surface area contributed by atoms with Crippen LogP contribution < -0.4 is 10.6 Å². The molecule has 1 amide bonds. The standard InChI is InChI=1S/C10H17N5O/c1-7(8-3-2-4-11-5-8)13-10(16)9-6-12-15-14-9/h6-8,11H,2-5H2,1H3,(H,13,16)(H,12,14,15). The molecule has 0 radical (unpaired) electrons. The molecule has 0 saturated carbocycles. The molecule has 16 heavy (non-hydrogen) atoms. The maximum atomic E-state index is 11.7. The third-order valence-electron chi connectivity index (χ3n) is 3.05. The zero-order valence-corrected chi connectivity index (χ0v) is 9.36. The van der Waals surface area contributed by atoms with Crippen LogP contribution >= 0.6 is 0 Å². The first-order valence-electron chi connectivity index (χ1n) is 5.64. The Morgan fingerprint density at radius 2 is 2.56 bits per heavy atom. The van der Waals surface area contributed by atoms with Crippen molar-refractivity contribution >= 4 is 5.91 Å². The van der Waals surface area contributed by atoms with Crippen molar-refractivity contribution in [3.8, 4) is 0 Å². The van der Waals surface area contributed by atoms with Gasteiger partial charge in [-0.3, -0.25) is 4.79 Å². The lowest BCUT2D eigenvalue weighted by Gasteiger charge is -2.28. The van der Waals surface area contributed by atoms with Crippen molar-refractivity contribution in [2.45, 2.75) is 25.8 Å². The summed E-state index contributed by atoms with van der Waals surface area (Å²) < 4.78 is 0. The third kappa shape index (κ3) is 2.57. The fourth-order valence-corrected chi connectivity index (χ4v) is 2.02. The van der Waals surface area contributed by atoms with Crippen LogP contribution in [0.1, 0.15) is 30.3 Å². The second-order valence-corrected chi connectivity index (χ2v) is 4.22. The number of carbonyl (C=O) groups is 1. The number of rotatable bonds is 3. The van der Waals surface area contributed by atoms with Crippen LogP contribution in [0.2, 0.25) is 0 Å². The normalized spacial score (nSPS) is 22.7. The van der Waals surface area contributed by atoms with Crippen LogP contribution in [0.4, 0.5) is 0 Å². The molecule has 88 valence electrons. The number of aromatic nitrogens is 3. The highest BCUT2D eigenvalue weighted by Gasteiger charge is 2.22. The number of nitrogens with zero attached hydrogens (tertiary/aromatic N) is 2. The SMILES string of the molecule is CC(NC(=O)c1cn[nH]n1)C1CCCNC1. The summed E-state index contributed by atoms with van der Waals surface area (Å²) in [6, 6.07) is 0.164. The fourth-order valence-electron chi connectivity index (χ4n) is 2.02. The molecule has 0 spiro atoms. The summed E-state index contributed by atoms with van der Waals surface area (Å²) in [5, 5.41) is 16.1. The fraction of sp³-hybridized carbons (Fsp3) is 0.700. The Hall–Kier alpha value is -1.43. The number of nitrogens with one attached hydrogen (secondary N) is 3. The molecule has 6 heteroatoms. The molecular formula is C10H17N5O. The van der Waals surface area contributed by atoms with Crippen LogP contribution in [0.3, 0.4) is 0 Å². The summed E-state index contributed by atoms with van der Waals surface area (Å²) in [6.45, 7) is 4.09. The van der Waals surface area contributed by atoms with Gasteiger partial charge in [0.25, 0.3) is 5.91 Å². The lowest BCUT2D eigenvalue weighted by molar-refractivity contribution is 0.0917. The van der Waals surface area contributed by atoms with Gasteiger partial charge in [-0.1, -0.05) is 0 Å². The zero-order valence-electron chi connectivity index (χ0n) is 9.36. The van der Waals surface area contributed by atoms with Crippen LogP contribution in [0.25, 0.3) is 0 Å². The molecule has 0 aromatic carbocycles. The minimum absolute atomic E-state index is 0.160. The van der Waals surface area contributed by atoms with E-state index in [4.69, 9.17) is 0 Å². The first kappa shape index (κ1) is 11.1. The van der Waals surface area contributed by atoms with Crippen molar-refractivity contribution in [2.24, 2.45) is 5.92 Å². The van der Waals surface area contributed by atoms with Gasteiger partial charge in [-0.25, -0.2) is 0 Å². The largest absolute Gasteiger partial charge is 0.348 e. The lowest BCUT2D eigenvalue weighted by atomic mass is 9.93. The van der Waals surface area contributed by atoms with Gasteiger partial charge in [-0.15, -0.1) is 0 Å². The Labute approximate surface area is 94.2 Å². The van der Waals surface area contributed by atoms with Crippen LogP contribution in [0.5, 0.6) is 0 Å². The van der Waals surface area contributed by atoms with Gasteiger partial charge in [0, 0.05) is 6.04 Å². The number of aromatic amines is 1. The molecular weight excluding hydrogens is 206 g/mol. The highest BCUT2D eigenvalue weighted by molar-refractivity contribution is 5.91. The summed E-state index contributed by atoms with van der Waals surface area (Å²) in [5.74, 6) is 0.344. The van der Waals surface area contributed by atoms with Crippen molar-refractivity contribution < 1.29 is 4.79 Å². The van der Waals surface area contributed by atoms with E-state index in [-0.39, 0.29) is 11.9 Å². The van der Waals surface area contributed by atoms with E-state index >= 15 is 0 Å². The number of amides is 1. The Kier molecular flexibility index (Phi) is 3.51. The van der Waals surface area contributed by atoms with Gasteiger partial charge < -0.3 is 10.6 Å². The van der Waals surface area contributed by atoms with E-state index in [2.05, 4.69) is 26.0 Å². The summed E-state index contributed by atoms with van der Waals surface area (Å²) in [4.78, 5) is 11.7. The molecule has 2 heterocycles. The molecule has 2 unspecified atom stereocenters. The molecule has 1 aliphatic rings. The predicted molar refractivity (Wildman–Crippen MR) is 58.9 cm³/mol. The molecule has 1 fully saturated rings. The Morgan fingerprint density at radius 3 is 3.19 bits per heavy atom. The first-order chi connectivity index (χ1) is 7.77. The summed E-state index contributed by atoms with van der Waals surface area (Å²) >= 11 is 0. The van der Waals surface area contributed by atoms with E-state index in [1.54, 1.807) is 0 Å². The minimum atomic E-state index is -0.160. The highest BCUT2D eigenvalue weighted by atomic mass is 16.2. The van der Waals surface area contributed by atoms with Gasteiger partial charge in [-0.2, -0.15) is 15.4 Å². The number of carbonyl (C=O) groups excluding carboxylic acids is 1. The average molecular weight is 223 g/mol. The quantitative estimate of drug-likeness (QED) is 0.669. The number of hydrogen-bond acceptors (Lipinski definition) is 4. The van der Waals surface area contributed by atoms with Crippen molar-refractivity contribution in [3.63, 3.8) is 0 Å². The van der Waals surface area contributed by atoms with E-state index in [1.807, 2.05) is 6.92 Å². The molecule has 0 aliphatic carbocycles. The topological polar surface area (TPSA) is 82.7 Å². The molecule has 1 aliphatic heterocycles. The van der Waals surface area contributed by atoms with Crippen molar-refractivity contribution in [1.29, 1.82) is 0 Å². The predicted octanol–water partition coefficient (Wildman–Crippen LogP) is -0.0774. The number of H-pyrrole nitrogens is 1. The average Bonchev–Trinajstić information content (AvgIpc) is 2.83. The van der Waals surface area contributed by atoms with Gasteiger partial charge in [0.05, 0.1) is 6.20 Å². The van der Waals surface area contributed by atoms with Gasteiger partial charge in [-0.05, 0) is 38.8 Å². The molecule has 2 rings (SSSR count). The van der Waals surface area contributed by atoms with Crippen LogP contribution in [0, 0.1) is 5.92 Å². The van der Waals surface area contributed by atoms with E-state index in [0.29, 0.717) is 11.6 Å². The lowest BCUT2D eigenvalue weighted by Crippen LogP contribution is -2.44. The van der Waals surface area contributed by atoms with Gasteiger partial charge in [0.2, 0.25) is 0 Å². The number of hydrogen-bond donors (Lipinski definition) is 3. The Morgan fingerprint density at radius 1 is 1.69 bits per heavy atom. The zero-order chi connectivity index (χ0) is 11.4. The third-order valence-corrected chi connectivity index (χ3v) is 3.05. The summed E-state index contributed by atoms with van der Waals surface area (Å²) in [7, 11) is 0. The minimum Gasteiger partial charge on any atom is -0.348 e. The van der Waals surface area contributed by atoms with Crippen LogP contribution in [0.15, 0.2) is 6.20 Å². The van der Waals surface area contributed by atoms with Gasteiger partial charge >= 0.3 is 0 Å². The summed E-state index contributed by atoms with van der Waals surface area (Å²) in [6.07, 6.45) is 3.77. The van der Waals surface area contributed by atoms with Gasteiger partial charge in [0.15, 0.2) is 5.69 Å². The number of piperidine rings is 1. The van der Waals surface area contributed by atoms with E-state index in [1.165, 1.54) is 12.6 Å². The first-order valence-corrected chi connectivity index (χ1v) is 5.64. The highest BCUT2D eigenvalue weighted by Crippen LogP contribution is 2.14. The monoisotopic (exact) mass is 223 g/mol. The van der Waals surface area contributed by atoms with E-state index < -0.39 is 0 Å². The van der Waals surface area contributed by atoms with E-state index in [9.17, 15) is 4.79 Å². The van der Waals surface area contributed by atoms with E-state index in [0.717, 1.165) is 19.5 Å². The van der Waals surface area contributed by atoms with Crippen LogP contribution in [-0.4, -0.2) is 40.4 Å². The van der Waals surface area contributed by atoms with Crippen molar-refractivity contribution in [3.05, 3.63) is 11.9 Å². The molecule has 1 aromatic rings. The van der Waals surface area contributed by atoms with Gasteiger partial charge in [0.1, 0.15) is 0 Å². The molecule has 1 saturated heterocycles. The molecule has 0 bridgehead atoms. The Balaban J connectivity index is 1.86. The second kappa shape index (κ2) is 5.07. The summed E-state index contributed by atoms with van der Waals surface area (Å²) in [5.41, 5.74) is 0.343. The smallest absolute Gasteiger partial charge is 0.273 e. The Bertz CT molecular complexity index is 331. The molecule has 2 atom stereocenters. The molecule has 1 aromatic heterocycles.